The molecule has 1 aliphatic carbocycles. The van der Waals surface area contributed by atoms with Crippen LogP contribution in [0.2, 0.25) is 0 Å². The van der Waals surface area contributed by atoms with Crippen LogP contribution in [-0.2, 0) is 6.54 Å². The van der Waals surface area contributed by atoms with Gasteiger partial charge in [-0.3, -0.25) is 4.90 Å². The van der Waals surface area contributed by atoms with E-state index in [2.05, 4.69) is 18.9 Å². The zero-order chi connectivity index (χ0) is 13.9. The lowest BCUT2D eigenvalue weighted by Gasteiger charge is -2.48. The highest BCUT2D eigenvalue weighted by atomic mass is 19.1. The second-order valence-electron chi connectivity index (χ2n) is 5.94. The van der Waals surface area contributed by atoms with E-state index in [4.69, 9.17) is 5.73 Å². The normalized spacial score (nSPS) is 27.7. The van der Waals surface area contributed by atoms with Crippen LogP contribution in [-0.4, -0.2) is 24.0 Å². The molecule has 2 N–H and O–H groups in total. The van der Waals surface area contributed by atoms with Gasteiger partial charge >= 0.3 is 0 Å². The van der Waals surface area contributed by atoms with Crippen LogP contribution < -0.4 is 5.73 Å². The minimum absolute atomic E-state index is 0.0740. The standard InChI is InChI=1S/C16H25FN2/c1-13-6-3-4-9-16(13,12-18)19(2)11-14-7-5-8-15(17)10-14/h5,7-8,10,13H,3-4,6,9,11-12,18H2,1-2H3. The van der Waals surface area contributed by atoms with Crippen molar-refractivity contribution in [2.45, 2.75) is 44.7 Å². The molecule has 0 radical (unpaired) electrons. The van der Waals surface area contributed by atoms with E-state index in [-0.39, 0.29) is 11.4 Å². The summed E-state index contributed by atoms with van der Waals surface area (Å²) in [6.45, 7) is 3.74. The molecule has 1 aromatic carbocycles. The summed E-state index contributed by atoms with van der Waals surface area (Å²) in [5, 5.41) is 0. The van der Waals surface area contributed by atoms with Gasteiger partial charge in [0.15, 0.2) is 0 Å². The molecule has 2 nitrogen and oxygen atoms in total. The minimum Gasteiger partial charge on any atom is -0.329 e. The molecule has 0 saturated heterocycles. The number of rotatable bonds is 4. The SMILES string of the molecule is CC1CCCCC1(CN)N(C)Cc1cccc(F)c1. The van der Waals surface area contributed by atoms with E-state index in [9.17, 15) is 4.39 Å². The molecule has 1 saturated carbocycles. The molecular formula is C16H25FN2. The summed E-state index contributed by atoms with van der Waals surface area (Å²) >= 11 is 0. The molecule has 3 heteroatoms. The van der Waals surface area contributed by atoms with Gasteiger partial charge in [-0.1, -0.05) is 31.9 Å². The predicted molar refractivity (Wildman–Crippen MR) is 77.3 cm³/mol. The summed E-state index contributed by atoms with van der Waals surface area (Å²) in [6, 6.07) is 6.87. The van der Waals surface area contributed by atoms with Crippen LogP contribution in [0.25, 0.3) is 0 Å². The summed E-state index contributed by atoms with van der Waals surface area (Å²) in [5.41, 5.74) is 7.19. The van der Waals surface area contributed by atoms with Crippen LogP contribution >= 0.6 is 0 Å². The number of nitrogens with two attached hydrogens (primary N) is 1. The highest BCUT2D eigenvalue weighted by Crippen LogP contribution is 2.37. The van der Waals surface area contributed by atoms with Crippen LogP contribution in [0.4, 0.5) is 4.39 Å². The molecule has 2 unspecified atom stereocenters. The fourth-order valence-corrected chi connectivity index (χ4v) is 3.49. The maximum absolute atomic E-state index is 13.3. The Bertz CT molecular complexity index is 421. The zero-order valence-corrected chi connectivity index (χ0v) is 12.0. The smallest absolute Gasteiger partial charge is 0.123 e. The first kappa shape index (κ1) is 14.5. The molecule has 106 valence electrons. The Labute approximate surface area is 115 Å². The third-order valence-electron chi connectivity index (χ3n) is 4.84. The molecule has 2 rings (SSSR count). The van der Waals surface area contributed by atoms with Crippen molar-refractivity contribution in [2.24, 2.45) is 11.7 Å². The lowest BCUT2D eigenvalue weighted by Crippen LogP contribution is -2.57. The van der Waals surface area contributed by atoms with E-state index in [0.717, 1.165) is 18.5 Å². The Balaban J connectivity index is 2.14. The van der Waals surface area contributed by atoms with Crippen molar-refractivity contribution in [3.8, 4) is 0 Å². The molecule has 0 bridgehead atoms. The van der Waals surface area contributed by atoms with E-state index in [1.54, 1.807) is 12.1 Å². The molecule has 1 aliphatic rings. The van der Waals surface area contributed by atoms with Gasteiger partial charge in [-0.25, -0.2) is 4.39 Å². The molecule has 0 spiro atoms. The predicted octanol–water partition coefficient (Wildman–Crippen LogP) is 3.17. The molecule has 0 amide bonds. The summed E-state index contributed by atoms with van der Waals surface area (Å²) in [5.74, 6) is 0.439. The average molecular weight is 264 g/mol. The third kappa shape index (κ3) is 2.98. The van der Waals surface area contributed by atoms with Gasteiger partial charge in [0.2, 0.25) is 0 Å². The number of hydrogen-bond donors (Lipinski definition) is 1. The van der Waals surface area contributed by atoms with Gasteiger partial charge in [-0.05, 0) is 43.5 Å². The van der Waals surface area contributed by atoms with Gasteiger partial charge in [0, 0.05) is 18.6 Å². The van der Waals surface area contributed by atoms with E-state index < -0.39 is 0 Å². The van der Waals surface area contributed by atoms with E-state index in [1.807, 2.05) is 6.07 Å². The van der Waals surface area contributed by atoms with Gasteiger partial charge in [0.25, 0.3) is 0 Å². The van der Waals surface area contributed by atoms with Crippen molar-refractivity contribution in [3.63, 3.8) is 0 Å². The highest BCUT2D eigenvalue weighted by molar-refractivity contribution is 5.17. The van der Waals surface area contributed by atoms with Crippen LogP contribution in [0.5, 0.6) is 0 Å². The molecule has 0 aromatic heterocycles. The van der Waals surface area contributed by atoms with Crippen LogP contribution in [0.15, 0.2) is 24.3 Å². The highest BCUT2D eigenvalue weighted by Gasteiger charge is 2.40. The van der Waals surface area contributed by atoms with E-state index in [1.165, 1.54) is 25.3 Å². The summed E-state index contributed by atoms with van der Waals surface area (Å²) in [7, 11) is 2.12. The Morgan fingerprint density at radius 2 is 2.21 bits per heavy atom. The average Bonchev–Trinajstić information content (AvgIpc) is 2.39. The Morgan fingerprint density at radius 3 is 2.84 bits per heavy atom. The van der Waals surface area contributed by atoms with Gasteiger partial charge in [-0.15, -0.1) is 0 Å². The van der Waals surface area contributed by atoms with E-state index in [0.29, 0.717) is 12.5 Å². The first-order chi connectivity index (χ1) is 9.08. The van der Waals surface area contributed by atoms with Crippen LogP contribution in [0.3, 0.4) is 0 Å². The number of hydrogen-bond acceptors (Lipinski definition) is 2. The minimum atomic E-state index is -0.163. The summed E-state index contributed by atoms with van der Waals surface area (Å²) < 4.78 is 13.3. The van der Waals surface area contributed by atoms with Gasteiger partial charge in [0.05, 0.1) is 0 Å². The molecule has 0 aliphatic heterocycles. The molecule has 1 fully saturated rings. The largest absolute Gasteiger partial charge is 0.329 e. The van der Waals surface area contributed by atoms with Gasteiger partial charge in [0.1, 0.15) is 5.82 Å². The fraction of sp³-hybridized carbons (Fsp3) is 0.625. The Hall–Kier alpha value is -0.930. The maximum Gasteiger partial charge on any atom is 0.123 e. The van der Waals surface area contributed by atoms with Crippen molar-refractivity contribution in [1.29, 1.82) is 0 Å². The molecule has 2 atom stereocenters. The number of benzene rings is 1. The molecule has 0 heterocycles. The van der Waals surface area contributed by atoms with Crippen molar-refractivity contribution >= 4 is 0 Å². The maximum atomic E-state index is 13.3. The Morgan fingerprint density at radius 1 is 1.42 bits per heavy atom. The van der Waals surface area contributed by atoms with E-state index >= 15 is 0 Å². The second kappa shape index (κ2) is 6.02. The first-order valence-electron chi connectivity index (χ1n) is 7.24. The van der Waals surface area contributed by atoms with Crippen molar-refractivity contribution in [2.75, 3.05) is 13.6 Å². The zero-order valence-electron chi connectivity index (χ0n) is 12.0. The number of likely N-dealkylation sites (N-methyl/N-ethyl adjacent to an activating group) is 1. The Kier molecular flexibility index (Phi) is 4.58. The number of halogens is 1. The fourth-order valence-electron chi connectivity index (χ4n) is 3.49. The van der Waals surface area contributed by atoms with Crippen LogP contribution in [0, 0.1) is 11.7 Å². The third-order valence-corrected chi connectivity index (χ3v) is 4.84. The van der Waals surface area contributed by atoms with Gasteiger partial charge in [-0.2, -0.15) is 0 Å². The monoisotopic (exact) mass is 264 g/mol. The van der Waals surface area contributed by atoms with Crippen molar-refractivity contribution in [3.05, 3.63) is 35.6 Å². The summed E-state index contributed by atoms with van der Waals surface area (Å²) in [6.07, 6.45) is 4.94. The second-order valence-corrected chi connectivity index (χ2v) is 5.94. The van der Waals surface area contributed by atoms with Crippen LogP contribution in [0.1, 0.15) is 38.2 Å². The topological polar surface area (TPSA) is 29.3 Å². The quantitative estimate of drug-likeness (QED) is 0.905. The summed E-state index contributed by atoms with van der Waals surface area (Å²) in [4.78, 5) is 2.34. The lowest BCUT2D eigenvalue weighted by atomic mass is 9.72. The first-order valence-corrected chi connectivity index (χ1v) is 7.24. The lowest BCUT2D eigenvalue weighted by molar-refractivity contribution is 0.0278. The van der Waals surface area contributed by atoms with Gasteiger partial charge < -0.3 is 5.73 Å². The van der Waals surface area contributed by atoms with Crippen molar-refractivity contribution < 1.29 is 4.39 Å². The molecule has 1 aromatic rings. The van der Waals surface area contributed by atoms with Crippen molar-refractivity contribution in [1.82, 2.24) is 4.90 Å². The molecular weight excluding hydrogens is 239 g/mol. The number of nitrogens with zero attached hydrogens (tertiary/aromatic N) is 1. The molecule has 19 heavy (non-hydrogen) atoms.